The van der Waals surface area contributed by atoms with Gasteiger partial charge in [0.25, 0.3) is 0 Å². The number of hydrogen-bond donors (Lipinski definition) is 2. The SMILES string of the molecule is Cc1cc(Oc2ccc(C(=N)N)cc2)ccc1F. The van der Waals surface area contributed by atoms with E-state index < -0.39 is 0 Å². The monoisotopic (exact) mass is 244 g/mol. The van der Waals surface area contributed by atoms with Gasteiger partial charge in [-0.25, -0.2) is 4.39 Å². The smallest absolute Gasteiger partial charge is 0.127 e. The molecule has 2 aromatic rings. The minimum atomic E-state index is -0.255. The van der Waals surface area contributed by atoms with Crippen molar-refractivity contribution in [2.75, 3.05) is 0 Å². The molecular formula is C14H13FN2O. The zero-order chi connectivity index (χ0) is 13.1. The average molecular weight is 244 g/mol. The molecule has 0 fully saturated rings. The van der Waals surface area contributed by atoms with Crippen molar-refractivity contribution in [3.05, 3.63) is 59.4 Å². The highest BCUT2D eigenvalue weighted by atomic mass is 19.1. The Balaban J connectivity index is 2.18. The Morgan fingerprint density at radius 2 is 1.72 bits per heavy atom. The first-order valence-electron chi connectivity index (χ1n) is 5.45. The molecule has 0 aromatic heterocycles. The summed E-state index contributed by atoms with van der Waals surface area (Å²) in [6.45, 7) is 1.68. The first kappa shape index (κ1) is 12.1. The molecule has 2 rings (SSSR count). The van der Waals surface area contributed by atoms with Gasteiger partial charge in [0.05, 0.1) is 0 Å². The largest absolute Gasteiger partial charge is 0.457 e. The van der Waals surface area contributed by atoms with Crippen molar-refractivity contribution < 1.29 is 9.13 Å². The standard InChI is InChI=1S/C14H13FN2O/c1-9-8-12(6-7-13(9)15)18-11-4-2-10(3-5-11)14(16)17/h2-8H,1H3,(H3,16,17). The Bertz CT molecular complexity index is 579. The molecule has 0 atom stereocenters. The normalized spacial score (nSPS) is 10.1. The van der Waals surface area contributed by atoms with Gasteiger partial charge in [-0.05, 0) is 55.0 Å². The van der Waals surface area contributed by atoms with E-state index in [1.165, 1.54) is 6.07 Å². The molecule has 0 amide bonds. The number of ether oxygens (including phenoxy) is 1. The number of rotatable bonds is 3. The first-order valence-corrected chi connectivity index (χ1v) is 5.45. The van der Waals surface area contributed by atoms with Gasteiger partial charge in [-0.15, -0.1) is 0 Å². The molecule has 0 unspecified atom stereocenters. The summed E-state index contributed by atoms with van der Waals surface area (Å²) in [5.41, 5.74) is 6.53. The third kappa shape index (κ3) is 2.66. The van der Waals surface area contributed by atoms with Crippen LogP contribution in [0.15, 0.2) is 42.5 Å². The number of nitrogens with one attached hydrogen (secondary N) is 1. The highest BCUT2D eigenvalue weighted by Gasteiger charge is 2.02. The molecule has 92 valence electrons. The van der Waals surface area contributed by atoms with Crippen LogP contribution in [0.25, 0.3) is 0 Å². The van der Waals surface area contributed by atoms with E-state index in [1.807, 2.05) is 0 Å². The third-order valence-corrected chi connectivity index (χ3v) is 2.53. The molecule has 0 bridgehead atoms. The van der Waals surface area contributed by atoms with Gasteiger partial charge in [-0.3, -0.25) is 5.41 Å². The van der Waals surface area contributed by atoms with Gasteiger partial charge in [0.2, 0.25) is 0 Å². The maximum atomic E-state index is 13.1. The summed E-state index contributed by atoms with van der Waals surface area (Å²) in [7, 11) is 0. The second-order valence-electron chi connectivity index (χ2n) is 3.95. The van der Waals surface area contributed by atoms with Crippen molar-refractivity contribution in [3.63, 3.8) is 0 Å². The molecule has 2 aromatic carbocycles. The zero-order valence-corrected chi connectivity index (χ0v) is 9.91. The Morgan fingerprint density at radius 3 is 2.28 bits per heavy atom. The van der Waals surface area contributed by atoms with Crippen LogP contribution in [0.5, 0.6) is 11.5 Å². The number of halogens is 1. The Kier molecular flexibility index (Phi) is 3.28. The summed E-state index contributed by atoms with van der Waals surface area (Å²) in [6, 6.07) is 11.4. The number of nitrogens with two attached hydrogens (primary N) is 1. The van der Waals surface area contributed by atoms with Crippen molar-refractivity contribution in [3.8, 4) is 11.5 Å². The fourth-order valence-corrected chi connectivity index (χ4v) is 1.52. The van der Waals surface area contributed by atoms with Crippen molar-refractivity contribution in [2.45, 2.75) is 6.92 Å². The highest BCUT2D eigenvalue weighted by Crippen LogP contribution is 2.23. The van der Waals surface area contributed by atoms with E-state index in [0.29, 0.717) is 22.6 Å². The predicted octanol–water partition coefficient (Wildman–Crippen LogP) is 3.21. The van der Waals surface area contributed by atoms with Crippen LogP contribution in [-0.4, -0.2) is 5.84 Å². The number of hydrogen-bond acceptors (Lipinski definition) is 2. The molecule has 0 heterocycles. The predicted molar refractivity (Wildman–Crippen MR) is 68.7 cm³/mol. The van der Waals surface area contributed by atoms with Crippen LogP contribution in [0.2, 0.25) is 0 Å². The molecule has 3 N–H and O–H groups in total. The summed E-state index contributed by atoms with van der Waals surface area (Å²) in [5, 5.41) is 7.27. The molecule has 0 aliphatic rings. The topological polar surface area (TPSA) is 59.1 Å². The van der Waals surface area contributed by atoms with Crippen molar-refractivity contribution in [2.24, 2.45) is 5.73 Å². The summed E-state index contributed by atoms with van der Waals surface area (Å²) in [5.74, 6) is 0.948. The van der Waals surface area contributed by atoms with Gasteiger partial charge in [0.15, 0.2) is 0 Å². The Hall–Kier alpha value is -2.36. The lowest BCUT2D eigenvalue weighted by atomic mass is 10.2. The van der Waals surface area contributed by atoms with Crippen molar-refractivity contribution >= 4 is 5.84 Å². The Morgan fingerprint density at radius 1 is 1.11 bits per heavy atom. The van der Waals surface area contributed by atoms with Crippen molar-refractivity contribution in [1.82, 2.24) is 0 Å². The average Bonchev–Trinajstić information content (AvgIpc) is 2.34. The lowest BCUT2D eigenvalue weighted by molar-refractivity contribution is 0.479. The fourth-order valence-electron chi connectivity index (χ4n) is 1.52. The van der Waals surface area contributed by atoms with E-state index in [0.717, 1.165) is 0 Å². The molecule has 3 nitrogen and oxygen atoms in total. The molecule has 0 saturated carbocycles. The van der Waals surface area contributed by atoms with Crippen LogP contribution in [0, 0.1) is 18.2 Å². The van der Waals surface area contributed by atoms with Crippen LogP contribution in [0.4, 0.5) is 4.39 Å². The van der Waals surface area contributed by atoms with Crippen LogP contribution >= 0.6 is 0 Å². The van der Waals surface area contributed by atoms with Gasteiger partial charge in [-0.1, -0.05) is 0 Å². The van der Waals surface area contributed by atoms with Crippen LogP contribution in [0.1, 0.15) is 11.1 Å². The van der Waals surface area contributed by atoms with E-state index in [1.54, 1.807) is 43.3 Å². The number of aryl methyl sites for hydroxylation is 1. The quantitative estimate of drug-likeness (QED) is 0.643. The molecule has 18 heavy (non-hydrogen) atoms. The Labute approximate surface area is 105 Å². The van der Waals surface area contributed by atoms with E-state index in [-0.39, 0.29) is 11.7 Å². The minimum Gasteiger partial charge on any atom is -0.457 e. The maximum absolute atomic E-state index is 13.1. The van der Waals surface area contributed by atoms with Gasteiger partial charge in [-0.2, -0.15) is 0 Å². The van der Waals surface area contributed by atoms with E-state index in [4.69, 9.17) is 15.9 Å². The van der Waals surface area contributed by atoms with Crippen molar-refractivity contribution in [1.29, 1.82) is 5.41 Å². The van der Waals surface area contributed by atoms with Crippen LogP contribution in [-0.2, 0) is 0 Å². The van der Waals surface area contributed by atoms with Gasteiger partial charge < -0.3 is 10.5 Å². The summed E-state index contributed by atoms with van der Waals surface area (Å²) in [4.78, 5) is 0. The fraction of sp³-hybridized carbons (Fsp3) is 0.0714. The molecule has 0 spiro atoms. The molecule has 0 radical (unpaired) electrons. The molecule has 0 saturated heterocycles. The first-order chi connectivity index (χ1) is 8.56. The van der Waals surface area contributed by atoms with Crippen LogP contribution in [0.3, 0.4) is 0 Å². The van der Waals surface area contributed by atoms with E-state index >= 15 is 0 Å². The lowest BCUT2D eigenvalue weighted by Crippen LogP contribution is -2.10. The number of amidine groups is 1. The molecular weight excluding hydrogens is 231 g/mol. The maximum Gasteiger partial charge on any atom is 0.127 e. The summed E-state index contributed by atoms with van der Waals surface area (Å²) < 4.78 is 18.7. The molecule has 0 aliphatic heterocycles. The van der Waals surface area contributed by atoms with Gasteiger partial charge >= 0.3 is 0 Å². The molecule has 4 heteroatoms. The second-order valence-corrected chi connectivity index (χ2v) is 3.95. The molecule has 0 aliphatic carbocycles. The summed E-state index contributed by atoms with van der Waals surface area (Å²) in [6.07, 6.45) is 0. The van der Waals surface area contributed by atoms with E-state index in [9.17, 15) is 4.39 Å². The van der Waals surface area contributed by atoms with Gasteiger partial charge in [0.1, 0.15) is 23.2 Å². The zero-order valence-electron chi connectivity index (χ0n) is 9.91. The van der Waals surface area contributed by atoms with E-state index in [2.05, 4.69) is 0 Å². The van der Waals surface area contributed by atoms with Gasteiger partial charge in [0, 0.05) is 5.56 Å². The lowest BCUT2D eigenvalue weighted by Gasteiger charge is -2.07. The minimum absolute atomic E-state index is 0.0131. The summed E-state index contributed by atoms with van der Waals surface area (Å²) >= 11 is 0. The number of benzene rings is 2. The highest BCUT2D eigenvalue weighted by molar-refractivity contribution is 5.94. The third-order valence-electron chi connectivity index (χ3n) is 2.53. The second kappa shape index (κ2) is 4.87. The number of nitrogen functional groups attached to an aromatic ring is 1. The van der Waals surface area contributed by atoms with Crippen LogP contribution < -0.4 is 10.5 Å².